The van der Waals surface area contributed by atoms with Gasteiger partial charge in [0.1, 0.15) is 0 Å². The van der Waals surface area contributed by atoms with Crippen molar-refractivity contribution in [1.82, 2.24) is 0 Å². The van der Waals surface area contributed by atoms with E-state index in [0.717, 1.165) is 16.5 Å². The summed E-state index contributed by atoms with van der Waals surface area (Å²) in [6.45, 7) is 1.98. The Hall–Kier alpha value is -1.46. The summed E-state index contributed by atoms with van der Waals surface area (Å²) in [5, 5.41) is 0. The van der Waals surface area contributed by atoms with Crippen molar-refractivity contribution < 1.29 is 13.2 Å². The summed E-state index contributed by atoms with van der Waals surface area (Å²) in [4.78, 5) is 1.01. The largest absolute Gasteiger partial charge is 0.416 e. The van der Waals surface area contributed by atoms with Crippen molar-refractivity contribution in [2.45, 2.75) is 24.0 Å². The molecule has 2 aromatic carbocycles. The summed E-state index contributed by atoms with van der Waals surface area (Å²) < 4.78 is 38.9. The molecular weight excluding hydrogens is 295 g/mol. The van der Waals surface area contributed by atoms with Gasteiger partial charge in [-0.2, -0.15) is 13.2 Å². The van der Waals surface area contributed by atoms with Crippen molar-refractivity contribution in [1.29, 1.82) is 0 Å². The molecule has 0 amide bonds. The van der Waals surface area contributed by atoms with Gasteiger partial charge < -0.3 is 5.73 Å². The molecule has 112 valence electrons. The van der Waals surface area contributed by atoms with Crippen LogP contribution >= 0.6 is 11.8 Å². The minimum Gasteiger partial charge on any atom is -0.323 e. The molecule has 0 aliphatic carbocycles. The first kappa shape index (κ1) is 15.9. The zero-order chi connectivity index (χ0) is 15.5. The van der Waals surface area contributed by atoms with E-state index in [-0.39, 0.29) is 5.56 Å². The van der Waals surface area contributed by atoms with E-state index >= 15 is 0 Å². The normalized spacial score (nSPS) is 13.2. The number of nitrogens with two attached hydrogens (primary N) is 1. The van der Waals surface area contributed by atoms with Crippen LogP contribution in [0.1, 0.15) is 22.7 Å². The molecule has 0 radical (unpaired) electrons. The maximum Gasteiger partial charge on any atom is 0.416 e. The van der Waals surface area contributed by atoms with Crippen molar-refractivity contribution in [3.05, 3.63) is 65.2 Å². The molecule has 0 aliphatic heterocycles. The standard InChI is InChI=1S/C16H16F3NS/c1-11-5-4-6-12(9-11)21-10-15(20)13-7-2-3-8-14(13)16(17,18)19/h2-9,15H,10,20H2,1H3. The van der Waals surface area contributed by atoms with E-state index in [2.05, 4.69) is 0 Å². The van der Waals surface area contributed by atoms with Crippen LogP contribution in [0.5, 0.6) is 0 Å². The Kier molecular flexibility index (Phi) is 4.96. The summed E-state index contributed by atoms with van der Waals surface area (Å²) in [6.07, 6.45) is -4.37. The van der Waals surface area contributed by atoms with E-state index in [1.165, 1.54) is 23.9 Å². The minimum absolute atomic E-state index is 0.144. The molecule has 0 spiro atoms. The first-order chi connectivity index (χ1) is 9.88. The third kappa shape index (κ3) is 4.25. The van der Waals surface area contributed by atoms with Gasteiger partial charge >= 0.3 is 6.18 Å². The Morgan fingerprint density at radius 2 is 1.81 bits per heavy atom. The van der Waals surface area contributed by atoms with Crippen LogP contribution in [0, 0.1) is 6.92 Å². The summed E-state index contributed by atoms with van der Waals surface area (Å²) in [5.74, 6) is 0.399. The second-order valence-corrected chi connectivity index (χ2v) is 5.91. The fraction of sp³-hybridized carbons (Fsp3) is 0.250. The molecule has 0 aliphatic rings. The van der Waals surface area contributed by atoms with Crippen LogP contribution in [0.4, 0.5) is 13.2 Å². The molecule has 21 heavy (non-hydrogen) atoms. The van der Waals surface area contributed by atoms with Gasteiger partial charge in [0.15, 0.2) is 0 Å². The number of hydrogen-bond donors (Lipinski definition) is 1. The topological polar surface area (TPSA) is 26.0 Å². The summed E-state index contributed by atoms with van der Waals surface area (Å²) in [6, 6.07) is 12.7. The first-order valence-corrected chi connectivity index (χ1v) is 7.47. The highest BCUT2D eigenvalue weighted by Gasteiger charge is 2.34. The zero-order valence-electron chi connectivity index (χ0n) is 11.5. The Labute approximate surface area is 126 Å². The third-order valence-corrected chi connectivity index (χ3v) is 4.20. The lowest BCUT2D eigenvalue weighted by atomic mass is 10.0. The smallest absolute Gasteiger partial charge is 0.323 e. The second kappa shape index (κ2) is 6.54. The lowest BCUT2D eigenvalue weighted by molar-refractivity contribution is -0.138. The number of hydrogen-bond acceptors (Lipinski definition) is 2. The van der Waals surface area contributed by atoms with Gasteiger partial charge in [-0.3, -0.25) is 0 Å². The maximum atomic E-state index is 13.0. The molecule has 1 nitrogen and oxygen atoms in total. The van der Waals surface area contributed by atoms with Crippen LogP contribution in [0.2, 0.25) is 0 Å². The molecule has 0 saturated heterocycles. The third-order valence-electron chi connectivity index (χ3n) is 3.08. The van der Waals surface area contributed by atoms with Crippen LogP contribution in [-0.4, -0.2) is 5.75 Å². The molecule has 2 rings (SSSR count). The van der Waals surface area contributed by atoms with Gasteiger partial charge in [-0.1, -0.05) is 35.9 Å². The number of aryl methyl sites for hydroxylation is 1. The van der Waals surface area contributed by atoms with Crippen LogP contribution in [0.3, 0.4) is 0 Å². The summed E-state index contributed by atoms with van der Waals surface area (Å²) in [5.41, 5.74) is 6.57. The molecule has 2 aromatic rings. The minimum atomic E-state index is -4.37. The highest BCUT2D eigenvalue weighted by atomic mass is 32.2. The second-order valence-electron chi connectivity index (χ2n) is 4.82. The molecule has 0 saturated carbocycles. The van der Waals surface area contributed by atoms with Crippen molar-refractivity contribution in [3.8, 4) is 0 Å². The van der Waals surface area contributed by atoms with E-state index in [9.17, 15) is 13.2 Å². The Bertz CT molecular complexity index is 610. The average Bonchev–Trinajstić information content (AvgIpc) is 2.44. The summed E-state index contributed by atoms with van der Waals surface area (Å²) in [7, 11) is 0. The molecule has 1 atom stereocenters. The molecular formula is C16H16F3NS. The van der Waals surface area contributed by atoms with Gasteiger partial charge in [0.2, 0.25) is 0 Å². The fourth-order valence-electron chi connectivity index (χ4n) is 2.06. The molecule has 0 bridgehead atoms. The summed E-state index contributed by atoms with van der Waals surface area (Å²) >= 11 is 1.46. The van der Waals surface area contributed by atoms with Crippen LogP contribution < -0.4 is 5.73 Å². The predicted molar refractivity (Wildman–Crippen MR) is 80.3 cm³/mol. The molecule has 0 fully saturated rings. The molecule has 5 heteroatoms. The first-order valence-electron chi connectivity index (χ1n) is 6.49. The Morgan fingerprint density at radius 1 is 1.10 bits per heavy atom. The average molecular weight is 311 g/mol. The van der Waals surface area contributed by atoms with E-state index in [0.29, 0.717) is 5.75 Å². The molecule has 1 unspecified atom stereocenters. The van der Waals surface area contributed by atoms with Crippen molar-refractivity contribution in [3.63, 3.8) is 0 Å². The predicted octanol–water partition coefficient (Wildman–Crippen LogP) is 4.81. The van der Waals surface area contributed by atoms with E-state index in [4.69, 9.17) is 5.73 Å². The van der Waals surface area contributed by atoms with Crippen LogP contribution in [-0.2, 0) is 6.18 Å². The van der Waals surface area contributed by atoms with Gasteiger partial charge in [0, 0.05) is 16.7 Å². The molecule has 0 aromatic heterocycles. The Balaban J connectivity index is 2.12. The van der Waals surface area contributed by atoms with Gasteiger partial charge in [0.25, 0.3) is 0 Å². The number of alkyl halides is 3. The van der Waals surface area contributed by atoms with E-state index < -0.39 is 17.8 Å². The number of rotatable bonds is 4. The van der Waals surface area contributed by atoms with Crippen LogP contribution in [0.15, 0.2) is 53.4 Å². The van der Waals surface area contributed by atoms with Gasteiger partial charge in [-0.25, -0.2) is 0 Å². The zero-order valence-corrected chi connectivity index (χ0v) is 12.3. The van der Waals surface area contributed by atoms with Crippen molar-refractivity contribution in [2.24, 2.45) is 5.73 Å². The highest BCUT2D eigenvalue weighted by Crippen LogP contribution is 2.35. The molecule has 2 N–H and O–H groups in total. The SMILES string of the molecule is Cc1cccc(SCC(N)c2ccccc2C(F)(F)F)c1. The maximum absolute atomic E-state index is 13.0. The lowest BCUT2D eigenvalue weighted by Gasteiger charge is -2.18. The number of thioether (sulfide) groups is 1. The van der Waals surface area contributed by atoms with Gasteiger partial charge in [0.05, 0.1) is 5.56 Å². The monoisotopic (exact) mass is 311 g/mol. The van der Waals surface area contributed by atoms with Crippen molar-refractivity contribution in [2.75, 3.05) is 5.75 Å². The van der Waals surface area contributed by atoms with Gasteiger partial charge in [-0.15, -0.1) is 11.8 Å². The fourth-order valence-corrected chi connectivity index (χ4v) is 3.05. The highest BCUT2D eigenvalue weighted by molar-refractivity contribution is 7.99. The van der Waals surface area contributed by atoms with E-state index in [1.807, 2.05) is 31.2 Å². The van der Waals surface area contributed by atoms with Crippen molar-refractivity contribution >= 4 is 11.8 Å². The lowest BCUT2D eigenvalue weighted by Crippen LogP contribution is -2.19. The number of benzene rings is 2. The molecule has 0 heterocycles. The quantitative estimate of drug-likeness (QED) is 0.820. The Morgan fingerprint density at radius 3 is 2.48 bits per heavy atom. The number of halogens is 3. The van der Waals surface area contributed by atoms with Crippen LogP contribution in [0.25, 0.3) is 0 Å². The van der Waals surface area contributed by atoms with Gasteiger partial charge in [-0.05, 0) is 30.7 Å². The van der Waals surface area contributed by atoms with E-state index in [1.54, 1.807) is 6.07 Å².